The molecular weight excluding hydrogens is 254 g/mol. The highest BCUT2D eigenvalue weighted by Crippen LogP contribution is 2.05. The lowest BCUT2D eigenvalue weighted by Crippen LogP contribution is -2.37. The molecule has 0 rings (SSSR count). The third-order valence-electron chi connectivity index (χ3n) is 3.39. The molecule has 0 aromatic rings. The normalized spacial score (nSPS) is 10.7. The fraction of sp³-hybridized carbons (Fsp3) is 0.933. The number of nitrogens with zero attached hydrogens (tertiary/aromatic N) is 1. The minimum Gasteiger partial charge on any atom is -0.385 e. The van der Waals surface area contributed by atoms with Crippen molar-refractivity contribution in [3.63, 3.8) is 0 Å². The van der Waals surface area contributed by atoms with Gasteiger partial charge in [-0.3, -0.25) is 5.41 Å². The van der Waals surface area contributed by atoms with E-state index in [1.54, 1.807) is 14.2 Å². The van der Waals surface area contributed by atoms with Crippen LogP contribution in [0.5, 0.6) is 0 Å². The van der Waals surface area contributed by atoms with Crippen molar-refractivity contribution in [1.29, 1.82) is 5.41 Å². The highest BCUT2D eigenvalue weighted by Gasteiger charge is 2.05. The van der Waals surface area contributed by atoms with Gasteiger partial charge in [-0.25, -0.2) is 0 Å². The number of methoxy groups -OCH3 is 2. The molecule has 0 spiro atoms. The van der Waals surface area contributed by atoms with E-state index in [0.717, 1.165) is 52.0 Å². The smallest absolute Gasteiger partial charge is 0.188 e. The number of nitrogens with one attached hydrogen (secondary N) is 1. The summed E-state index contributed by atoms with van der Waals surface area (Å²) in [4.78, 5) is 1.99. The van der Waals surface area contributed by atoms with E-state index < -0.39 is 0 Å². The Labute approximate surface area is 124 Å². The molecule has 20 heavy (non-hydrogen) atoms. The zero-order chi connectivity index (χ0) is 15.1. The Morgan fingerprint density at radius 2 is 1.20 bits per heavy atom. The zero-order valence-corrected chi connectivity index (χ0v) is 13.3. The van der Waals surface area contributed by atoms with Crippen molar-refractivity contribution in [2.75, 3.05) is 40.5 Å². The van der Waals surface area contributed by atoms with E-state index in [0.29, 0.717) is 0 Å². The minimum absolute atomic E-state index is 0.207. The van der Waals surface area contributed by atoms with Gasteiger partial charge in [-0.1, -0.05) is 25.7 Å². The second kappa shape index (κ2) is 14.6. The molecule has 0 aliphatic rings. The van der Waals surface area contributed by atoms with Gasteiger partial charge in [0.2, 0.25) is 0 Å². The van der Waals surface area contributed by atoms with Crippen LogP contribution in [-0.4, -0.2) is 51.4 Å². The van der Waals surface area contributed by atoms with Crippen molar-refractivity contribution < 1.29 is 9.47 Å². The third kappa shape index (κ3) is 12.2. The monoisotopic (exact) mass is 287 g/mol. The number of unbranched alkanes of at least 4 members (excludes halogenated alkanes) is 6. The van der Waals surface area contributed by atoms with Crippen LogP contribution >= 0.6 is 0 Å². The van der Waals surface area contributed by atoms with Gasteiger partial charge < -0.3 is 20.1 Å². The van der Waals surface area contributed by atoms with Crippen LogP contribution < -0.4 is 5.73 Å². The van der Waals surface area contributed by atoms with Crippen molar-refractivity contribution in [2.24, 2.45) is 5.73 Å². The molecule has 0 aliphatic heterocycles. The predicted octanol–water partition coefficient (Wildman–Crippen LogP) is 2.60. The number of ether oxygens (including phenoxy) is 2. The molecule has 5 heteroatoms. The Hall–Kier alpha value is -0.810. The summed E-state index contributed by atoms with van der Waals surface area (Å²) in [6.45, 7) is 3.50. The number of hydrogen-bond donors (Lipinski definition) is 2. The second-order valence-electron chi connectivity index (χ2n) is 5.19. The van der Waals surface area contributed by atoms with E-state index in [2.05, 4.69) is 0 Å². The molecule has 0 aliphatic carbocycles. The Bertz CT molecular complexity index is 209. The third-order valence-corrected chi connectivity index (χ3v) is 3.39. The summed E-state index contributed by atoms with van der Waals surface area (Å²) in [5.41, 5.74) is 5.63. The maximum Gasteiger partial charge on any atom is 0.188 e. The molecule has 0 amide bonds. The first kappa shape index (κ1) is 19.2. The second-order valence-corrected chi connectivity index (χ2v) is 5.19. The number of nitrogens with two attached hydrogens (primary N) is 1. The quantitative estimate of drug-likeness (QED) is 0.293. The van der Waals surface area contributed by atoms with Crippen molar-refractivity contribution in [3.8, 4) is 0 Å². The van der Waals surface area contributed by atoms with Gasteiger partial charge in [0, 0.05) is 40.5 Å². The molecular formula is C15H33N3O2. The van der Waals surface area contributed by atoms with Gasteiger partial charge in [-0.2, -0.15) is 0 Å². The van der Waals surface area contributed by atoms with Crippen LogP contribution in [0.3, 0.4) is 0 Å². The lowest BCUT2D eigenvalue weighted by Gasteiger charge is -2.22. The van der Waals surface area contributed by atoms with Crippen molar-refractivity contribution >= 4 is 5.96 Å². The van der Waals surface area contributed by atoms with Crippen LogP contribution in [0.1, 0.15) is 51.4 Å². The van der Waals surface area contributed by atoms with Gasteiger partial charge in [0.05, 0.1) is 0 Å². The van der Waals surface area contributed by atoms with Crippen LogP contribution in [0, 0.1) is 5.41 Å². The topological polar surface area (TPSA) is 71.6 Å². The standard InChI is InChI=1S/C15H33N3O2/c1-19-13-9-5-3-7-11-18(15(16)17)12-8-4-6-10-14-20-2/h3-14H2,1-2H3,(H3,16,17). The van der Waals surface area contributed by atoms with E-state index in [1.165, 1.54) is 25.7 Å². The summed E-state index contributed by atoms with van der Waals surface area (Å²) in [5.74, 6) is 0.207. The van der Waals surface area contributed by atoms with E-state index in [9.17, 15) is 0 Å². The van der Waals surface area contributed by atoms with Crippen LogP contribution in [0.15, 0.2) is 0 Å². The van der Waals surface area contributed by atoms with Gasteiger partial charge in [0.15, 0.2) is 5.96 Å². The van der Waals surface area contributed by atoms with Crippen molar-refractivity contribution in [2.45, 2.75) is 51.4 Å². The van der Waals surface area contributed by atoms with Crippen molar-refractivity contribution in [1.82, 2.24) is 4.90 Å². The summed E-state index contributed by atoms with van der Waals surface area (Å²) in [6.07, 6.45) is 9.20. The summed E-state index contributed by atoms with van der Waals surface area (Å²) >= 11 is 0. The molecule has 5 nitrogen and oxygen atoms in total. The van der Waals surface area contributed by atoms with Crippen LogP contribution in [0.2, 0.25) is 0 Å². The first-order chi connectivity index (χ1) is 9.72. The number of guanidine groups is 1. The molecule has 0 saturated carbocycles. The van der Waals surface area contributed by atoms with Gasteiger partial charge in [-0.15, -0.1) is 0 Å². The summed E-state index contributed by atoms with van der Waals surface area (Å²) < 4.78 is 10.1. The van der Waals surface area contributed by atoms with E-state index in [1.807, 2.05) is 4.90 Å². The summed E-state index contributed by atoms with van der Waals surface area (Å²) in [6, 6.07) is 0. The molecule has 3 N–H and O–H groups in total. The van der Waals surface area contributed by atoms with E-state index in [4.69, 9.17) is 20.6 Å². The molecule has 0 radical (unpaired) electrons. The average Bonchev–Trinajstić information content (AvgIpc) is 2.43. The molecule has 0 saturated heterocycles. The van der Waals surface area contributed by atoms with Crippen LogP contribution in [0.25, 0.3) is 0 Å². The maximum absolute atomic E-state index is 7.61. The Morgan fingerprint density at radius 3 is 1.55 bits per heavy atom. The molecule has 120 valence electrons. The van der Waals surface area contributed by atoms with Crippen LogP contribution in [0.4, 0.5) is 0 Å². The maximum atomic E-state index is 7.61. The fourth-order valence-corrected chi connectivity index (χ4v) is 2.16. The van der Waals surface area contributed by atoms with Crippen LogP contribution in [-0.2, 0) is 9.47 Å². The summed E-state index contributed by atoms with van der Waals surface area (Å²) in [5, 5.41) is 7.61. The average molecular weight is 287 g/mol. The van der Waals surface area contributed by atoms with E-state index >= 15 is 0 Å². The Balaban J connectivity index is 3.53. The molecule has 0 unspecified atom stereocenters. The molecule has 0 fully saturated rings. The summed E-state index contributed by atoms with van der Waals surface area (Å²) in [7, 11) is 3.48. The first-order valence-electron chi connectivity index (χ1n) is 7.79. The molecule has 0 atom stereocenters. The number of rotatable bonds is 14. The van der Waals surface area contributed by atoms with Gasteiger partial charge >= 0.3 is 0 Å². The SMILES string of the molecule is COCCCCCCN(CCCCCCOC)C(=N)N. The molecule has 0 aromatic heterocycles. The fourth-order valence-electron chi connectivity index (χ4n) is 2.16. The predicted molar refractivity (Wildman–Crippen MR) is 84.2 cm³/mol. The van der Waals surface area contributed by atoms with Gasteiger partial charge in [0.25, 0.3) is 0 Å². The highest BCUT2D eigenvalue weighted by atomic mass is 16.5. The Morgan fingerprint density at radius 1 is 0.800 bits per heavy atom. The number of hydrogen-bond acceptors (Lipinski definition) is 3. The molecule has 0 heterocycles. The van der Waals surface area contributed by atoms with Crippen molar-refractivity contribution in [3.05, 3.63) is 0 Å². The largest absolute Gasteiger partial charge is 0.385 e. The molecule has 0 bridgehead atoms. The lowest BCUT2D eigenvalue weighted by molar-refractivity contribution is 0.191. The minimum atomic E-state index is 0.207. The zero-order valence-electron chi connectivity index (χ0n) is 13.3. The van der Waals surface area contributed by atoms with Gasteiger partial charge in [-0.05, 0) is 25.7 Å². The first-order valence-corrected chi connectivity index (χ1v) is 7.79. The Kier molecular flexibility index (Phi) is 14.0. The molecule has 0 aromatic carbocycles. The lowest BCUT2D eigenvalue weighted by atomic mass is 10.1. The highest BCUT2D eigenvalue weighted by molar-refractivity contribution is 5.74. The van der Waals surface area contributed by atoms with Gasteiger partial charge in [0.1, 0.15) is 0 Å². The van der Waals surface area contributed by atoms with E-state index in [-0.39, 0.29) is 5.96 Å².